The van der Waals surface area contributed by atoms with E-state index in [0.29, 0.717) is 6.07 Å². The van der Waals surface area contributed by atoms with Gasteiger partial charge in [0.25, 0.3) is 0 Å². The molecule has 0 aliphatic carbocycles. The number of benzene rings is 1. The number of hydrogen-bond acceptors (Lipinski definition) is 2. The van der Waals surface area contributed by atoms with Crippen LogP contribution in [0.4, 0.5) is 32.0 Å². The van der Waals surface area contributed by atoms with Crippen LogP contribution in [0.2, 0.25) is 0 Å². The Kier molecular flexibility index (Phi) is 5.18. The molecule has 1 aromatic carbocycles. The van der Waals surface area contributed by atoms with Gasteiger partial charge in [-0.1, -0.05) is 32.9 Å². The highest BCUT2D eigenvalue weighted by Gasteiger charge is 2.38. The van der Waals surface area contributed by atoms with Crippen LogP contribution in [-0.4, -0.2) is 12.0 Å². The average molecular weight is 339 g/mol. The molecule has 0 amide bonds. The molecule has 0 aliphatic heterocycles. The zero-order chi connectivity index (χ0) is 18.1. The first-order valence-corrected chi connectivity index (χ1v) is 6.49. The van der Waals surface area contributed by atoms with Crippen molar-refractivity contribution in [3.05, 3.63) is 41.6 Å². The monoisotopic (exact) mass is 339 g/mol. The third kappa shape index (κ3) is 5.30. The van der Waals surface area contributed by atoms with E-state index < -0.39 is 40.5 Å². The highest BCUT2D eigenvalue weighted by Crippen LogP contribution is 2.37. The van der Waals surface area contributed by atoms with Crippen LogP contribution >= 0.6 is 0 Å². The first-order chi connectivity index (χ1) is 10.2. The van der Waals surface area contributed by atoms with Gasteiger partial charge in [0.05, 0.1) is 11.3 Å². The summed E-state index contributed by atoms with van der Waals surface area (Å²) in [4.78, 5) is 11.8. The fourth-order valence-electron chi connectivity index (χ4n) is 1.52. The SMILES string of the molecule is CC(C)(C)C(=O)/C=C(/Nc1ccccc1C(F)(F)F)C(F)(F)F. The number of carbonyl (C=O) groups excluding carboxylic acids is 1. The molecular weight excluding hydrogens is 324 g/mol. The van der Waals surface area contributed by atoms with Gasteiger partial charge in [-0.2, -0.15) is 26.3 Å². The third-order valence-electron chi connectivity index (χ3n) is 2.82. The third-order valence-corrected chi connectivity index (χ3v) is 2.82. The van der Waals surface area contributed by atoms with Gasteiger partial charge in [-0.15, -0.1) is 0 Å². The summed E-state index contributed by atoms with van der Waals surface area (Å²) in [5.41, 5.74) is -4.67. The fraction of sp³-hybridized carbons (Fsp3) is 0.400. The Morgan fingerprint density at radius 2 is 1.52 bits per heavy atom. The molecule has 1 aromatic rings. The number of allylic oxidation sites excluding steroid dienone is 2. The molecule has 0 saturated carbocycles. The summed E-state index contributed by atoms with van der Waals surface area (Å²) >= 11 is 0. The minimum Gasteiger partial charge on any atom is -0.351 e. The van der Waals surface area contributed by atoms with Crippen molar-refractivity contribution < 1.29 is 31.1 Å². The Balaban J connectivity index is 3.30. The van der Waals surface area contributed by atoms with E-state index in [-0.39, 0.29) is 6.08 Å². The molecular formula is C15H15F6NO. The van der Waals surface area contributed by atoms with Crippen LogP contribution in [0.3, 0.4) is 0 Å². The summed E-state index contributed by atoms with van der Waals surface area (Å²) < 4.78 is 77.6. The van der Waals surface area contributed by atoms with Gasteiger partial charge < -0.3 is 5.32 Å². The summed E-state index contributed by atoms with van der Waals surface area (Å²) in [7, 11) is 0. The molecule has 0 aliphatic rings. The Bertz CT molecular complexity index is 608. The molecule has 0 atom stereocenters. The zero-order valence-corrected chi connectivity index (χ0v) is 12.6. The van der Waals surface area contributed by atoms with Crippen LogP contribution in [0.5, 0.6) is 0 Å². The molecule has 0 heterocycles. The number of anilines is 1. The molecule has 0 aromatic heterocycles. The van der Waals surface area contributed by atoms with E-state index in [9.17, 15) is 31.1 Å². The quantitative estimate of drug-likeness (QED) is 0.607. The highest BCUT2D eigenvalue weighted by atomic mass is 19.4. The van der Waals surface area contributed by atoms with E-state index in [1.54, 1.807) is 5.32 Å². The molecule has 2 nitrogen and oxygen atoms in total. The minimum absolute atomic E-state index is 0.285. The largest absolute Gasteiger partial charge is 0.431 e. The molecule has 0 saturated heterocycles. The number of nitrogens with one attached hydrogen (secondary N) is 1. The van der Waals surface area contributed by atoms with E-state index in [4.69, 9.17) is 0 Å². The van der Waals surface area contributed by atoms with Crippen LogP contribution in [0.25, 0.3) is 0 Å². The Hall–Kier alpha value is -1.99. The van der Waals surface area contributed by atoms with E-state index >= 15 is 0 Å². The molecule has 8 heteroatoms. The van der Waals surface area contributed by atoms with Crippen LogP contribution in [0.15, 0.2) is 36.0 Å². The smallest absolute Gasteiger partial charge is 0.351 e. The zero-order valence-electron chi connectivity index (χ0n) is 12.6. The summed E-state index contributed by atoms with van der Waals surface area (Å²) in [5, 5.41) is 1.69. The van der Waals surface area contributed by atoms with Crippen molar-refractivity contribution >= 4 is 11.5 Å². The number of halogens is 6. The molecule has 0 spiro atoms. The Morgan fingerprint density at radius 3 is 1.96 bits per heavy atom. The van der Waals surface area contributed by atoms with Crippen LogP contribution in [0.1, 0.15) is 26.3 Å². The number of ketones is 1. The van der Waals surface area contributed by atoms with Gasteiger partial charge in [0.1, 0.15) is 5.70 Å². The van der Waals surface area contributed by atoms with E-state index in [1.807, 2.05) is 0 Å². The summed E-state index contributed by atoms with van der Waals surface area (Å²) in [6, 6.07) is 3.74. The lowest BCUT2D eigenvalue weighted by Crippen LogP contribution is -2.25. The van der Waals surface area contributed by atoms with Gasteiger partial charge >= 0.3 is 12.4 Å². The second kappa shape index (κ2) is 6.25. The van der Waals surface area contributed by atoms with Crippen molar-refractivity contribution in [3.63, 3.8) is 0 Å². The summed E-state index contributed by atoms with van der Waals surface area (Å²) in [6.45, 7) is 4.22. The van der Waals surface area contributed by atoms with Crippen molar-refractivity contribution in [3.8, 4) is 0 Å². The molecule has 0 radical (unpaired) electrons. The highest BCUT2D eigenvalue weighted by molar-refractivity contribution is 5.95. The maximum absolute atomic E-state index is 13.0. The number of hydrogen-bond donors (Lipinski definition) is 1. The van der Waals surface area contributed by atoms with Gasteiger partial charge in [0.2, 0.25) is 0 Å². The van der Waals surface area contributed by atoms with Gasteiger partial charge in [-0.05, 0) is 12.1 Å². The number of para-hydroxylation sites is 1. The maximum atomic E-state index is 13.0. The molecule has 1 N–H and O–H groups in total. The fourth-order valence-corrected chi connectivity index (χ4v) is 1.52. The number of alkyl halides is 6. The maximum Gasteiger partial charge on any atom is 0.431 e. The van der Waals surface area contributed by atoms with Crippen LogP contribution < -0.4 is 5.32 Å². The van der Waals surface area contributed by atoms with Crippen molar-refractivity contribution in [2.45, 2.75) is 33.1 Å². The van der Waals surface area contributed by atoms with E-state index in [0.717, 1.165) is 18.2 Å². The van der Waals surface area contributed by atoms with Crippen LogP contribution in [0, 0.1) is 5.41 Å². The predicted molar refractivity (Wildman–Crippen MR) is 73.7 cm³/mol. The summed E-state index contributed by atoms with van der Waals surface area (Å²) in [6.07, 6.45) is -9.54. The van der Waals surface area contributed by atoms with E-state index in [2.05, 4.69) is 0 Å². The Morgan fingerprint density at radius 1 is 1.00 bits per heavy atom. The van der Waals surface area contributed by atoms with Gasteiger partial charge in [-0.25, -0.2) is 0 Å². The lowest BCUT2D eigenvalue weighted by atomic mass is 9.90. The van der Waals surface area contributed by atoms with Gasteiger partial charge in [0, 0.05) is 11.5 Å². The Labute approximate surface area is 129 Å². The van der Waals surface area contributed by atoms with Crippen molar-refractivity contribution in [1.82, 2.24) is 0 Å². The van der Waals surface area contributed by atoms with Crippen molar-refractivity contribution in [2.24, 2.45) is 5.41 Å². The second-order valence-electron chi connectivity index (χ2n) is 5.84. The minimum atomic E-state index is -5.00. The molecule has 0 unspecified atom stereocenters. The van der Waals surface area contributed by atoms with Crippen LogP contribution in [-0.2, 0) is 11.0 Å². The lowest BCUT2D eigenvalue weighted by Gasteiger charge is -2.20. The molecule has 23 heavy (non-hydrogen) atoms. The standard InChI is InChI=1S/C15H15F6NO/c1-13(2,3)12(23)8-11(15(19,20)21)22-10-7-5-4-6-9(10)14(16,17)18/h4-8,22H,1-3H3/b11-8+. The first-order valence-electron chi connectivity index (χ1n) is 6.49. The topological polar surface area (TPSA) is 29.1 Å². The normalized spacial score (nSPS) is 13.9. The number of carbonyl (C=O) groups is 1. The lowest BCUT2D eigenvalue weighted by molar-refractivity contribution is -0.137. The second-order valence-corrected chi connectivity index (χ2v) is 5.84. The van der Waals surface area contributed by atoms with Crippen molar-refractivity contribution in [1.29, 1.82) is 0 Å². The predicted octanol–water partition coefficient (Wildman–Crippen LogP) is 5.18. The summed E-state index contributed by atoms with van der Waals surface area (Å²) in [5.74, 6) is -0.859. The molecule has 0 fully saturated rings. The average Bonchev–Trinajstić information content (AvgIpc) is 2.35. The molecule has 1 rings (SSSR count). The van der Waals surface area contributed by atoms with E-state index in [1.165, 1.54) is 20.8 Å². The molecule has 0 bridgehead atoms. The van der Waals surface area contributed by atoms with Gasteiger partial charge in [0.15, 0.2) is 5.78 Å². The first kappa shape index (κ1) is 19.1. The van der Waals surface area contributed by atoms with Crippen molar-refractivity contribution in [2.75, 3.05) is 5.32 Å². The van der Waals surface area contributed by atoms with Gasteiger partial charge in [-0.3, -0.25) is 4.79 Å². The number of rotatable bonds is 3. The molecule has 128 valence electrons.